The maximum absolute atomic E-state index is 13.2. The predicted octanol–water partition coefficient (Wildman–Crippen LogP) is 2.85. The molecule has 0 saturated carbocycles. The van der Waals surface area contributed by atoms with E-state index in [4.69, 9.17) is 21.1 Å². The summed E-state index contributed by atoms with van der Waals surface area (Å²) < 4.78 is 37.0. The molecule has 0 unspecified atom stereocenters. The molecule has 3 atom stereocenters. The Morgan fingerprint density at radius 3 is 2.76 bits per heavy atom. The van der Waals surface area contributed by atoms with Crippen LogP contribution >= 0.6 is 11.6 Å². The monoisotopic (exact) mass is 444 g/mol. The number of methoxy groups -OCH3 is 1. The smallest absolute Gasteiger partial charge is 0.319 e. The average molecular weight is 445 g/mol. The highest BCUT2D eigenvalue weighted by Crippen LogP contribution is 2.40. The van der Waals surface area contributed by atoms with Crippen LogP contribution in [-0.2, 0) is 19.3 Å². The van der Waals surface area contributed by atoms with E-state index in [-0.39, 0.29) is 36.4 Å². The highest BCUT2D eigenvalue weighted by atomic mass is 35.5. The largest absolute Gasteiger partial charge is 0.504 e. The van der Waals surface area contributed by atoms with E-state index in [0.717, 1.165) is 18.4 Å². The van der Waals surface area contributed by atoms with Gasteiger partial charge < -0.3 is 25.2 Å². The van der Waals surface area contributed by atoms with E-state index in [1.165, 1.54) is 19.2 Å². The van der Waals surface area contributed by atoms with E-state index in [1.807, 2.05) is 6.92 Å². The molecule has 1 aliphatic heterocycles. The average Bonchev–Trinajstić information content (AvgIpc) is 3.08. The minimum Gasteiger partial charge on any atom is -0.504 e. The summed E-state index contributed by atoms with van der Waals surface area (Å²) in [5, 5.41) is 15.0. The van der Waals surface area contributed by atoms with Crippen LogP contribution in [0.5, 0.6) is 5.75 Å². The lowest BCUT2D eigenvalue weighted by Crippen LogP contribution is -2.43. The van der Waals surface area contributed by atoms with Crippen molar-refractivity contribution in [3.8, 4) is 5.75 Å². The second-order valence-electron chi connectivity index (χ2n) is 7.17. The van der Waals surface area contributed by atoms with Gasteiger partial charge in [0, 0.05) is 13.7 Å². The molecule has 160 valence electrons. The number of phenolic OH excluding ortho intramolecular Hbond substituents is 1. The number of sulfone groups is 1. The molecule has 2 amide bonds. The van der Waals surface area contributed by atoms with Gasteiger partial charge in [0.1, 0.15) is 4.90 Å². The second-order valence-corrected chi connectivity index (χ2v) is 9.68. The standard InChI is InChI=1S/C19H25ClN2O6S/c1-11-4-3-5-13(11)21-19(24)22-14-7-6-12(20)18(17(14)23)29(25,26)16-8-9-28-10-15(16)27-2/h4,6-7,13,15-16,23H,3,5,8-10H2,1-2H3,(H2,21,22,24)/t13-,15-,16+/m1/s1. The molecule has 3 N–H and O–H groups in total. The molecule has 1 aromatic rings. The number of allylic oxidation sites excluding steroid dienone is 1. The number of anilines is 1. The van der Waals surface area contributed by atoms with Gasteiger partial charge in [0.05, 0.1) is 34.7 Å². The molecule has 0 spiro atoms. The Bertz CT molecular complexity index is 918. The Balaban J connectivity index is 1.86. The first-order chi connectivity index (χ1) is 13.8. The number of rotatable bonds is 5. The number of carbonyl (C=O) groups is 1. The van der Waals surface area contributed by atoms with Crippen molar-refractivity contribution in [2.75, 3.05) is 25.6 Å². The quantitative estimate of drug-likeness (QED) is 0.475. The van der Waals surface area contributed by atoms with Crippen LogP contribution in [0.3, 0.4) is 0 Å². The third-order valence-electron chi connectivity index (χ3n) is 5.34. The van der Waals surface area contributed by atoms with Gasteiger partial charge in [-0.15, -0.1) is 0 Å². The van der Waals surface area contributed by atoms with Gasteiger partial charge in [-0.05, 0) is 38.3 Å². The van der Waals surface area contributed by atoms with Crippen LogP contribution in [0.2, 0.25) is 5.02 Å². The van der Waals surface area contributed by atoms with Crippen LogP contribution in [0, 0.1) is 0 Å². The fourth-order valence-electron chi connectivity index (χ4n) is 3.69. The fourth-order valence-corrected chi connectivity index (χ4v) is 6.18. The number of carbonyl (C=O) groups excluding carboxylic acids is 1. The molecular weight excluding hydrogens is 420 g/mol. The Morgan fingerprint density at radius 2 is 2.10 bits per heavy atom. The molecule has 10 heteroatoms. The van der Waals surface area contributed by atoms with Gasteiger partial charge in [0.15, 0.2) is 15.6 Å². The van der Waals surface area contributed by atoms with E-state index in [1.54, 1.807) is 0 Å². The van der Waals surface area contributed by atoms with Gasteiger partial charge in [-0.3, -0.25) is 0 Å². The van der Waals surface area contributed by atoms with Crippen molar-refractivity contribution in [2.24, 2.45) is 0 Å². The third kappa shape index (κ3) is 4.53. The SMILES string of the molecule is CO[C@@H]1COCC[C@@H]1S(=O)(=O)c1c(Cl)ccc(NC(=O)N[C@@H]2CCC=C2C)c1O. The molecule has 0 bridgehead atoms. The first-order valence-electron chi connectivity index (χ1n) is 9.35. The number of hydrogen-bond acceptors (Lipinski definition) is 6. The van der Waals surface area contributed by atoms with Crippen LogP contribution in [0.1, 0.15) is 26.2 Å². The molecule has 3 rings (SSSR count). The van der Waals surface area contributed by atoms with Gasteiger partial charge in [-0.25, -0.2) is 13.2 Å². The number of halogens is 1. The fraction of sp³-hybridized carbons (Fsp3) is 0.526. The summed E-state index contributed by atoms with van der Waals surface area (Å²) in [6.45, 7) is 2.33. The maximum atomic E-state index is 13.2. The number of aromatic hydroxyl groups is 1. The van der Waals surface area contributed by atoms with Crippen LogP contribution in [0.15, 0.2) is 28.7 Å². The number of ether oxygens (including phenoxy) is 2. The van der Waals surface area contributed by atoms with E-state index in [2.05, 4.69) is 16.7 Å². The van der Waals surface area contributed by atoms with Gasteiger partial charge in [-0.1, -0.05) is 23.3 Å². The Morgan fingerprint density at radius 1 is 1.34 bits per heavy atom. The van der Waals surface area contributed by atoms with E-state index in [0.29, 0.717) is 0 Å². The summed E-state index contributed by atoms with van der Waals surface area (Å²) in [7, 11) is -2.63. The van der Waals surface area contributed by atoms with Crippen molar-refractivity contribution in [1.82, 2.24) is 5.32 Å². The predicted molar refractivity (Wildman–Crippen MR) is 109 cm³/mol. The summed E-state index contributed by atoms with van der Waals surface area (Å²) >= 11 is 6.14. The molecule has 1 fully saturated rings. The minimum absolute atomic E-state index is 0.0360. The zero-order chi connectivity index (χ0) is 21.2. The summed E-state index contributed by atoms with van der Waals surface area (Å²) in [6.07, 6.45) is 3.27. The number of hydrogen-bond donors (Lipinski definition) is 3. The second kappa shape index (κ2) is 8.91. The number of benzene rings is 1. The van der Waals surface area contributed by atoms with E-state index in [9.17, 15) is 18.3 Å². The Hall–Kier alpha value is -1.81. The molecule has 2 aliphatic rings. The van der Waals surface area contributed by atoms with Crippen LogP contribution in [-0.4, -0.2) is 57.3 Å². The van der Waals surface area contributed by atoms with Gasteiger partial charge in [-0.2, -0.15) is 0 Å². The van der Waals surface area contributed by atoms with Crippen molar-refractivity contribution in [1.29, 1.82) is 0 Å². The van der Waals surface area contributed by atoms with Crippen molar-refractivity contribution >= 4 is 33.2 Å². The Kier molecular flexibility index (Phi) is 6.72. The lowest BCUT2D eigenvalue weighted by molar-refractivity contribution is -0.0263. The lowest BCUT2D eigenvalue weighted by atomic mass is 10.1. The lowest BCUT2D eigenvalue weighted by Gasteiger charge is -2.30. The molecule has 1 aromatic carbocycles. The summed E-state index contributed by atoms with van der Waals surface area (Å²) in [5.74, 6) is -0.590. The van der Waals surface area contributed by atoms with Crippen LogP contribution in [0.4, 0.5) is 10.5 Å². The van der Waals surface area contributed by atoms with Gasteiger partial charge >= 0.3 is 6.03 Å². The maximum Gasteiger partial charge on any atom is 0.319 e. The van der Waals surface area contributed by atoms with E-state index < -0.39 is 37.9 Å². The number of urea groups is 1. The van der Waals surface area contributed by atoms with Crippen molar-refractivity contribution in [3.05, 3.63) is 28.8 Å². The number of amides is 2. The summed E-state index contributed by atoms with van der Waals surface area (Å²) in [5.41, 5.74) is 1.03. The number of nitrogens with one attached hydrogen (secondary N) is 2. The molecular formula is C19H25ClN2O6S. The molecule has 29 heavy (non-hydrogen) atoms. The first kappa shape index (κ1) is 21.9. The molecule has 1 saturated heterocycles. The van der Waals surface area contributed by atoms with Gasteiger partial charge in [0.2, 0.25) is 0 Å². The van der Waals surface area contributed by atoms with Crippen molar-refractivity contribution < 1.29 is 27.8 Å². The van der Waals surface area contributed by atoms with Crippen LogP contribution < -0.4 is 10.6 Å². The molecule has 0 aromatic heterocycles. The Labute approximate surface area is 175 Å². The minimum atomic E-state index is -4.04. The summed E-state index contributed by atoms with van der Waals surface area (Å²) in [6, 6.07) is 2.08. The van der Waals surface area contributed by atoms with Crippen molar-refractivity contribution in [2.45, 2.75) is 48.5 Å². The van der Waals surface area contributed by atoms with Crippen molar-refractivity contribution in [3.63, 3.8) is 0 Å². The molecule has 8 nitrogen and oxygen atoms in total. The van der Waals surface area contributed by atoms with Crippen LogP contribution in [0.25, 0.3) is 0 Å². The zero-order valence-corrected chi connectivity index (χ0v) is 17.8. The third-order valence-corrected chi connectivity index (χ3v) is 8.08. The van der Waals surface area contributed by atoms with E-state index >= 15 is 0 Å². The first-order valence-corrected chi connectivity index (χ1v) is 11.3. The zero-order valence-electron chi connectivity index (χ0n) is 16.3. The highest BCUT2D eigenvalue weighted by molar-refractivity contribution is 7.92. The normalized spacial score (nSPS) is 24.8. The highest BCUT2D eigenvalue weighted by Gasteiger charge is 2.40. The summed E-state index contributed by atoms with van der Waals surface area (Å²) in [4.78, 5) is 11.9. The molecule has 0 radical (unpaired) electrons. The number of phenols is 1. The van der Waals surface area contributed by atoms with Gasteiger partial charge in [0.25, 0.3) is 0 Å². The molecule has 1 heterocycles. The topological polar surface area (TPSA) is 114 Å². The molecule has 1 aliphatic carbocycles.